The highest BCUT2D eigenvalue weighted by Gasteiger charge is 2.25. The molecule has 0 radical (unpaired) electrons. The number of aromatic nitrogens is 2. The Hall–Kier alpha value is -1.69. The molecule has 1 aromatic heterocycles. The first kappa shape index (κ1) is 12.8. The second kappa shape index (κ2) is 5.77. The lowest BCUT2D eigenvalue weighted by atomic mass is 10.1. The molecule has 2 heterocycles. The summed E-state index contributed by atoms with van der Waals surface area (Å²) in [5.74, 6) is -0.415. The molecule has 98 valence electrons. The number of rotatable bonds is 5. The Morgan fingerprint density at radius 3 is 3.11 bits per heavy atom. The molecule has 1 aromatic rings. The predicted molar refractivity (Wildman–Crippen MR) is 65.5 cm³/mol. The number of imidazole rings is 1. The third-order valence-corrected chi connectivity index (χ3v) is 3.03. The van der Waals surface area contributed by atoms with Crippen molar-refractivity contribution in [3.05, 3.63) is 18.2 Å². The molecule has 1 saturated heterocycles. The van der Waals surface area contributed by atoms with Crippen LogP contribution < -0.4 is 10.6 Å². The number of carbonyl (C=O) groups is 2. The molecular weight excluding hydrogens is 232 g/mol. The van der Waals surface area contributed by atoms with Crippen LogP contribution in [0.15, 0.2) is 12.5 Å². The lowest BCUT2D eigenvalue weighted by Crippen LogP contribution is -2.50. The first-order valence-electron chi connectivity index (χ1n) is 6.26. The van der Waals surface area contributed by atoms with Crippen LogP contribution in [0.2, 0.25) is 0 Å². The van der Waals surface area contributed by atoms with Gasteiger partial charge in [0.2, 0.25) is 11.8 Å². The van der Waals surface area contributed by atoms with E-state index < -0.39 is 0 Å². The molecule has 18 heavy (non-hydrogen) atoms. The second-order valence-electron chi connectivity index (χ2n) is 4.46. The molecule has 1 aliphatic rings. The standard InChI is InChI=1S/C12H18N4O2/c1-2-5-16-8-13-6-9(16)7-14-10-3-4-11(17)15-12(10)18/h6,8,10,14H,2-5,7H2,1H3,(H,15,17,18). The normalized spacial score (nSPS) is 19.9. The van der Waals surface area contributed by atoms with Gasteiger partial charge >= 0.3 is 0 Å². The van der Waals surface area contributed by atoms with E-state index in [1.807, 2.05) is 0 Å². The van der Waals surface area contributed by atoms with E-state index in [0.29, 0.717) is 19.4 Å². The Labute approximate surface area is 106 Å². The topological polar surface area (TPSA) is 76.0 Å². The average molecular weight is 250 g/mol. The zero-order valence-corrected chi connectivity index (χ0v) is 10.5. The minimum atomic E-state index is -0.285. The van der Waals surface area contributed by atoms with Gasteiger partial charge in [-0.2, -0.15) is 0 Å². The molecule has 2 amide bonds. The van der Waals surface area contributed by atoms with Crippen molar-refractivity contribution < 1.29 is 9.59 Å². The summed E-state index contributed by atoms with van der Waals surface area (Å²) in [6.45, 7) is 3.62. The fourth-order valence-corrected chi connectivity index (χ4v) is 2.05. The fraction of sp³-hybridized carbons (Fsp3) is 0.583. The summed E-state index contributed by atoms with van der Waals surface area (Å²) in [7, 11) is 0. The zero-order chi connectivity index (χ0) is 13.0. The van der Waals surface area contributed by atoms with Crippen molar-refractivity contribution in [3.63, 3.8) is 0 Å². The maximum absolute atomic E-state index is 11.6. The van der Waals surface area contributed by atoms with Gasteiger partial charge in [-0.05, 0) is 12.8 Å². The monoisotopic (exact) mass is 250 g/mol. The first-order valence-corrected chi connectivity index (χ1v) is 6.26. The van der Waals surface area contributed by atoms with Crippen LogP contribution in [-0.2, 0) is 22.7 Å². The molecule has 6 heteroatoms. The van der Waals surface area contributed by atoms with Crippen LogP contribution >= 0.6 is 0 Å². The summed E-state index contributed by atoms with van der Waals surface area (Å²) in [5.41, 5.74) is 1.06. The van der Waals surface area contributed by atoms with Gasteiger partial charge in [0.1, 0.15) is 0 Å². The van der Waals surface area contributed by atoms with E-state index in [4.69, 9.17) is 0 Å². The molecule has 0 aliphatic carbocycles. The molecule has 2 N–H and O–H groups in total. The maximum Gasteiger partial charge on any atom is 0.243 e. The predicted octanol–water partition coefficient (Wildman–Crippen LogP) is 0.188. The Balaban J connectivity index is 1.89. The average Bonchev–Trinajstić information content (AvgIpc) is 2.76. The Morgan fingerprint density at radius 1 is 1.56 bits per heavy atom. The van der Waals surface area contributed by atoms with Crippen molar-refractivity contribution in [2.24, 2.45) is 0 Å². The van der Waals surface area contributed by atoms with Gasteiger partial charge < -0.3 is 9.88 Å². The minimum absolute atomic E-state index is 0.186. The second-order valence-corrected chi connectivity index (χ2v) is 4.46. The van der Waals surface area contributed by atoms with Gasteiger partial charge in [-0.25, -0.2) is 4.98 Å². The number of hydrogen-bond acceptors (Lipinski definition) is 4. The molecule has 0 aromatic carbocycles. The number of nitrogens with one attached hydrogen (secondary N) is 2. The molecule has 1 atom stereocenters. The van der Waals surface area contributed by atoms with Crippen LogP contribution in [0.1, 0.15) is 31.9 Å². The van der Waals surface area contributed by atoms with E-state index in [2.05, 4.69) is 27.1 Å². The highest BCUT2D eigenvalue weighted by Crippen LogP contribution is 2.06. The van der Waals surface area contributed by atoms with Crippen molar-refractivity contribution in [2.75, 3.05) is 0 Å². The van der Waals surface area contributed by atoms with Crippen LogP contribution in [0.4, 0.5) is 0 Å². The number of imide groups is 1. The summed E-state index contributed by atoms with van der Waals surface area (Å²) in [6.07, 6.45) is 5.60. The van der Waals surface area contributed by atoms with Gasteiger partial charge in [0, 0.05) is 25.7 Å². The number of nitrogens with zero attached hydrogens (tertiary/aromatic N) is 2. The summed E-state index contributed by atoms with van der Waals surface area (Å²) < 4.78 is 2.07. The van der Waals surface area contributed by atoms with Crippen molar-refractivity contribution in [1.82, 2.24) is 20.2 Å². The summed E-state index contributed by atoms with van der Waals surface area (Å²) in [6, 6.07) is -0.285. The molecule has 2 rings (SSSR count). The largest absolute Gasteiger partial charge is 0.333 e. The third-order valence-electron chi connectivity index (χ3n) is 3.03. The van der Waals surface area contributed by atoms with Gasteiger partial charge in [-0.15, -0.1) is 0 Å². The van der Waals surface area contributed by atoms with Gasteiger partial charge in [-0.1, -0.05) is 6.92 Å². The Bertz CT molecular complexity index is 441. The number of carbonyl (C=O) groups excluding carboxylic acids is 2. The third kappa shape index (κ3) is 2.95. The number of amides is 2. The van der Waals surface area contributed by atoms with E-state index in [1.54, 1.807) is 12.5 Å². The minimum Gasteiger partial charge on any atom is -0.333 e. The van der Waals surface area contributed by atoms with Crippen molar-refractivity contribution in [3.8, 4) is 0 Å². The molecular formula is C12H18N4O2. The summed E-state index contributed by atoms with van der Waals surface area (Å²) >= 11 is 0. The van der Waals surface area contributed by atoms with Crippen molar-refractivity contribution >= 4 is 11.8 Å². The molecule has 0 bridgehead atoms. The molecule has 0 spiro atoms. The Kier molecular flexibility index (Phi) is 4.09. The van der Waals surface area contributed by atoms with Gasteiger partial charge in [0.15, 0.2) is 0 Å². The van der Waals surface area contributed by atoms with E-state index >= 15 is 0 Å². The van der Waals surface area contributed by atoms with Gasteiger partial charge in [-0.3, -0.25) is 14.9 Å². The van der Waals surface area contributed by atoms with E-state index in [1.165, 1.54) is 0 Å². The highest BCUT2D eigenvalue weighted by atomic mass is 16.2. The van der Waals surface area contributed by atoms with E-state index in [-0.39, 0.29) is 17.9 Å². The van der Waals surface area contributed by atoms with Gasteiger partial charge in [0.25, 0.3) is 0 Å². The van der Waals surface area contributed by atoms with Crippen LogP contribution in [0.3, 0.4) is 0 Å². The summed E-state index contributed by atoms with van der Waals surface area (Å²) in [4.78, 5) is 26.7. The van der Waals surface area contributed by atoms with Gasteiger partial charge in [0.05, 0.1) is 18.1 Å². The van der Waals surface area contributed by atoms with Crippen LogP contribution in [0.25, 0.3) is 0 Å². The number of piperidine rings is 1. The van der Waals surface area contributed by atoms with E-state index in [9.17, 15) is 9.59 Å². The van der Waals surface area contributed by atoms with Crippen molar-refractivity contribution in [1.29, 1.82) is 0 Å². The first-order chi connectivity index (χ1) is 8.70. The lowest BCUT2D eigenvalue weighted by Gasteiger charge is -2.22. The SMILES string of the molecule is CCCn1cncc1CNC1CCC(=O)NC1=O. The maximum atomic E-state index is 11.6. The molecule has 1 aliphatic heterocycles. The molecule has 6 nitrogen and oxygen atoms in total. The smallest absolute Gasteiger partial charge is 0.243 e. The fourth-order valence-electron chi connectivity index (χ4n) is 2.05. The zero-order valence-electron chi connectivity index (χ0n) is 10.5. The van der Waals surface area contributed by atoms with Crippen LogP contribution in [0.5, 0.6) is 0 Å². The van der Waals surface area contributed by atoms with Crippen LogP contribution in [0, 0.1) is 0 Å². The molecule has 1 unspecified atom stereocenters. The van der Waals surface area contributed by atoms with E-state index in [0.717, 1.165) is 18.7 Å². The quantitative estimate of drug-likeness (QED) is 0.731. The molecule has 0 saturated carbocycles. The van der Waals surface area contributed by atoms with Crippen LogP contribution in [-0.4, -0.2) is 27.4 Å². The van der Waals surface area contributed by atoms with Crippen molar-refractivity contribution in [2.45, 2.75) is 45.3 Å². The lowest BCUT2D eigenvalue weighted by molar-refractivity contribution is -0.134. The highest BCUT2D eigenvalue weighted by molar-refractivity contribution is 6.00. The molecule has 1 fully saturated rings. The number of aryl methyl sites for hydroxylation is 1. The number of hydrogen-bond donors (Lipinski definition) is 2. The Morgan fingerprint density at radius 2 is 2.39 bits per heavy atom. The summed E-state index contributed by atoms with van der Waals surface area (Å²) in [5, 5.41) is 5.50.